The Morgan fingerprint density at radius 1 is 1.19 bits per heavy atom. The molecule has 3 rings (SSSR count). The molecule has 1 N–H and O–H groups in total. The van der Waals surface area contributed by atoms with Crippen molar-refractivity contribution in [3.8, 4) is 0 Å². The molecule has 27 heavy (non-hydrogen) atoms. The van der Waals surface area contributed by atoms with E-state index in [-0.39, 0.29) is 11.8 Å². The van der Waals surface area contributed by atoms with Crippen LogP contribution in [0.15, 0.2) is 29.6 Å². The Labute approximate surface area is 162 Å². The number of thiazole rings is 1. The highest BCUT2D eigenvalue weighted by atomic mass is 32.1. The molecule has 2 heterocycles. The zero-order valence-electron chi connectivity index (χ0n) is 15.6. The fourth-order valence-electron chi connectivity index (χ4n) is 2.84. The number of nitrogens with zero attached hydrogens (tertiary/aromatic N) is 3. The Balaban J connectivity index is 1.52. The van der Waals surface area contributed by atoms with Crippen LogP contribution in [0.2, 0.25) is 0 Å². The molecule has 1 aliphatic rings. The van der Waals surface area contributed by atoms with Crippen LogP contribution < -0.4 is 5.32 Å². The fraction of sp³-hybridized carbons (Fsp3) is 0.421. The highest BCUT2D eigenvalue weighted by Gasteiger charge is 2.20. The summed E-state index contributed by atoms with van der Waals surface area (Å²) in [6.45, 7) is 4.11. The van der Waals surface area contributed by atoms with Gasteiger partial charge in [0.15, 0.2) is 0 Å². The van der Waals surface area contributed by atoms with E-state index in [0.29, 0.717) is 24.4 Å². The van der Waals surface area contributed by atoms with E-state index in [4.69, 9.17) is 4.74 Å². The van der Waals surface area contributed by atoms with Crippen LogP contribution in [0.4, 0.5) is 0 Å². The molecule has 0 saturated carbocycles. The summed E-state index contributed by atoms with van der Waals surface area (Å²) in [6, 6.07) is 7.39. The molecular weight excluding hydrogens is 364 g/mol. The molecule has 144 valence electrons. The summed E-state index contributed by atoms with van der Waals surface area (Å²) in [7, 11) is 3.66. The summed E-state index contributed by atoms with van der Waals surface area (Å²) in [4.78, 5) is 33.1. The molecule has 2 amide bonds. The summed E-state index contributed by atoms with van der Waals surface area (Å²) in [5.41, 5.74) is 2.01. The van der Waals surface area contributed by atoms with Crippen molar-refractivity contribution in [3.05, 3.63) is 51.5 Å². The molecule has 0 unspecified atom stereocenters. The normalized spacial score (nSPS) is 15.0. The smallest absolute Gasteiger partial charge is 0.271 e. The summed E-state index contributed by atoms with van der Waals surface area (Å²) in [6.07, 6.45) is 0. The van der Waals surface area contributed by atoms with Gasteiger partial charge in [-0.15, -0.1) is 11.3 Å². The van der Waals surface area contributed by atoms with Gasteiger partial charge in [0.25, 0.3) is 11.8 Å². The largest absolute Gasteiger partial charge is 0.378 e. The maximum atomic E-state index is 12.5. The topological polar surface area (TPSA) is 74.8 Å². The van der Waals surface area contributed by atoms with Crippen LogP contribution in [0.3, 0.4) is 0 Å². The van der Waals surface area contributed by atoms with Crippen LogP contribution in [0.1, 0.15) is 31.4 Å². The van der Waals surface area contributed by atoms with E-state index in [2.05, 4.69) is 22.2 Å². The fourth-order valence-corrected chi connectivity index (χ4v) is 3.58. The maximum Gasteiger partial charge on any atom is 0.271 e. The van der Waals surface area contributed by atoms with E-state index >= 15 is 0 Å². The van der Waals surface area contributed by atoms with Crippen LogP contribution in [0.25, 0.3) is 0 Å². The minimum Gasteiger partial charge on any atom is -0.378 e. The van der Waals surface area contributed by atoms with Crippen molar-refractivity contribution in [1.29, 1.82) is 0 Å². The molecule has 1 aromatic heterocycles. The predicted octanol–water partition coefficient (Wildman–Crippen LogP) is 1.61. The number of rotatable bonds is 6. The number of likely N-dealkylation sites (N-methyl/N-ethyl adjacent to an activating group) is 1. The highest BCUT2D eigenvalue weighted by Crippen LogP contribution is 2.12. The predicted molar refractivity (Wildman–Crippen MR) is 104 cm³/mol. The SMILES string of the molecule is COCc1nc(C(=O)NCc2ccc(C(=O)N3CCN(C)CC3)cc2)cs1. The van der Waals surface area contributed by atoms with Crippen molar-refractivity contribution in [2.45, 2.75) is 13.2 Å². The van der Waals surface area contributed by atoms with Crippen molar-refractivity contribution in [3.63, 3.8) is 0 Å². The van der Waals surface area contributed by atoms with Crippen molar-refractivity contribution < 1.29 is 14.3 Å². The Kier molecular flexibility index (Phi) is 6.54. The Morgan fingerprint density at radius 2 is 1.89 bits per heavy atom. The lowest BCUT2D eigenvalue weighted by Crippen LogP contribution is -2.47. The Hall–Kier alpha value is -2.29. The maximum absolute atomic E-state index is 12.5. The number of piperazine rings is 1. The number of methoxy groups -OCH3 is 1. The lowest BCUT2D eigenvalue weighted by molar-refractivity contribution is 0.0664. The first-order chi connectivity index (χ1) is 13.1. The quantitative estimate of drug-likeness (QED) is 0.814. The third-order valence-corrected chi connectivity index (χ3v) is 5.32. The zero-order chi connectivity index (χ0) is 19.2. The van der Waals surface area contributed by atoms with E-state index in [1.54, 1.807) is 12.5 Å². The summed E-state index contributed by atoms with van der Waals surface area (Å²) in [5, 5.41) is 5.35. The standard InChI is InChI=1S/C19H24N4O3S/c1-22-7-9-23(10-8-22)19(25)15-5-3-14(4-6-15)11-20-18(24)16-13-27-17(21-16)12-26-2/h3-6,13H,7-12H2,1-2H3,(H,20,24). The van der Waals surface area contributed by atoms with Crippen LogP contribution in [0, 0.1) is 0 Å². The van der Waals surface area contributed by atoms with Gasteiger partial charge in [0.1, 0.15) is 10.7 Å². The third kappa shape index (κ3) is 5.12. The highest BCUT2D eigenvalue weighted by molar-refractivity contribution is 7.09. The first kappa shape index (κ1) is 19.5. The minimum atomic E-state index is -0.216. The molecular formula is C19H24N4O3S. The molecule has 0 spiro atoms. The van der Waals surface area contributed by atoms with E-state index in [1.807, 2.05) is 29.2 Å². The molecule has 0 aliphatic carbocycles. The van der Waals surface area contributed by atoms with Crippen molar-refractivity contribution in [1.82, 2.24) is 20.1 Å². The summed E-state index contributed by atoms with van der Waals surface area (Å²) in [5.74, 6) is -0.155. The number of hydrogen-bond donors (Lipinski definition) is 1. The first-order valence-corrected chi connectivity index (χ1v) is 9.73. The molecule has 1 aliphatic heterocycles. The molecule has 0 atom stereocenters. The number of ether oxygens (including phenoxy) is 1. The second kappa shape index (κ2) is 9.07. The third-order valence-electron chi connectivity index (χ3n) is 4.50. The minimum absolute atomic E-state index is 0.0619. The molecule has 7 nitrogen and oxygen atoms in total. The number of nitrogens with one attached hydrogen (secondary N) is 1. The first-order valence-electron chi connectivity index (χ1n) is 8.85. The lowest BCUT2D eigenvalue weighted by Gasteiger charge is -2.32. The van der Waals surface area contributed by atoms with Crippen molar-refractivity contribution in [2.75, 3.05) is 40.3 Å². The van der Waals surface area contributed by atoms with Gasteiger partial charge in [-0.1, -0.05) is 12.1 Å². The van der Waals surface area contributed by atoms with Crippen molar-refractivity contribution in [2.24, 2.45) is 0 Å². The van der Waals surface area contributed by atoms with E-state index in [0.717, 1.165) is 36.8 Å². The summed E-state index contributed by atoms with van der Waals surface area (Å²) < 4.78 is 5.01. The summed E-state index contributed by atoms with van der Waals surface area (Å²) >= 11 is 1.40. The number of hydrogen-bond acceptors (Lipinski definition) is 6. The molecule has 0 bridgehead atoms. The zero-order valence-corrected chi connectivity index (χ0v) is 16.4. The molecule has 1 fully saturated rings. The van der Waals surface area contributed by atoms with Crippen LogP contribution >= 0.6 is 11.3 Å². The average Bonchev–Trinajstić information content (AvgIpc) is 3.16. The second-order valence-corrected chi connectivity index (χ2v) is 7.48. The van der Waals surface area contributed by atoms with Crippen LogP contribution in [0.5, 0.6) is 0 Å². The molecule has 0 radical (unpaired) electrons. The lowest BCUT2D eigenvalue weighted by atomic mass is 10.1. The molecule has 1 aromatic carbocycles. The van der Waals surface area contributed by atoms with Gasteiger partial charge >= 0.3 is 0 Å². The van der Waals surface area contributed by atoms with E-state index in [1.165, 1.54) is 11.3 Å². The number of carbonyl (C=O) groups is 2. The van der Waals surface area contributed by atoms with Gasteiger partial charge < -0.3 is 19.9 Å². The molecule has 2 aromatic rings. The average molecular weight is 388 g/mol. The van der Waals surface area contributed by atoms with Crippen LogP contribution in [-0.4, -0.2) is 66.9 Å². The van der Waals surface area contributed by atoms with Gasteiger partial charge in [-0.25, -0.2) is 4.98 Å². The van der Waals surface area contributed by atoms with Gasteiger partial charge in [0, 0.05) is 50.8 Å². The number of carbonyl (C=O) groups excluding carboxylic acids is 2. The van der Waals surface area contributed by atoms with Gasteiger partial charge in [0.2, 0.25) is 0 Å². The Bertz CT molecular complexity index is 783. The van der Waals surface area contributed by atoms with Gasteiger partial charge in [-0.05, 0) is 24.7 Å². The number of benzene rings is 1. The molecule has 8 heteroatoms. The monoisotopic (exact) mass is 388 g/mol. The number of amides is 2. The second-order valence-electron chi connectivity index (χ2n) is 6.53. The van der Waals surface area contributed by atoms with E-state index < -0.39 is 0 Å². The van der Waals surface area contributed by atoms with E-state index in [9.17, 15) is 9.59 Å². The number of aromatic nitrogens is 1. The molecule has 1 saturated heterocycles. The Morgan fingerprint density at radius 3 is 2.56 bits per heavy atom. The van der Waals surface area contributed by atoms with Gasteiger partial charge in [-0.2, -0.15) is 0 Å². The van der Waals surface area contributed by atoms with Gasteiger partial charge in [-0.3, -0.25) is 9.59 Å². The van der Waals surface area contributed by atoms with Crippen LogP contribution in [-0.2, 0) is 17.9 Å². The van der Waals surface area contributed by atoms with Crippen molar-refractivity contribution >= 4 is 23.2 Å². The van der Waals surface area contributed by atoms with Gasteiger partial charge in [0.05, 0.1) is 6.61 Å².